The molecule has 0 saturated carbocycles. The van der Waals surface area contributed by atoms with E-state index in [2.05, 4.69) is 17.3 Å². The van der Waals surface area contributed by atoms with Crippen LogP contribution in [-0.2, 0) is 20.0 Å². The average molecular weight is 303 g/mol. The van der Waals surface area contributed by atoms with Crippen LogP contribution in [0.25, 0.3) is 0 Å². The van der Waals surface area contributed by atoms with Gasteiger partial charge in [-0.25, -0.2) is 4.79 Å². The highest BCUT2D eigenvalue weighted by molar-refractivity contribution is 5.85. The van der Waals surface area contributed by atoms with Crippen molar-refractivity contribution in [3.8, 4) is 0 Å². The summed E-state index contributed by atoms with van der Waals surface area (Å²) in [5, 5.41) is 25.7. The zero-order valence-electron chi connectivity index (χ0n) is 12.8. The molecule has 1 aromatic carbocycles. The van der Waals surface area contributed by atoms with Gasteiger partial charge in [0.1, 0.15) is 0 Å². The van der Waals surface area contributed by atoms with E-state index in [1.807, 2.05) is 24.3 Å². The molecule has 6 heteroatoms. The number of aliphatic hydroxyl groups excluding tert-OH is 1. The fourth-order valence-corrected chi connectivity index (χ4v) is 2.28. The smallest absolute Gasteiger partial charge is 0.356 e. The normalized spacial score (nSPS) is 12.3. The van der Waals surface area contributed by atoms with Crippen molar-refractivity contribution in [1.82, 2.24) is 15.1 Å². The first-order chi connectivity index (χ1) is 10.5. The van der Waals surface area contributed by atoms with Gasteiger partial charge in [-0.2, -0.15) is 5.10 Å². The Hall–Kier alpha value is -2.18. The van der Waals surface area contributed by atoms with Gasteiger partial charge in [0.15, 0.2) is 5.69 Å². The van der Waals surface area contributed by atoms with Crippen molar-refractivity contribution in [2.24, 2.45) is 7.05 Å². The lowest BCUT2D eigenvalue weighted by atomic mass is 10.0. The number of carboxylic acids is 1. The van der Waals surface area contributed by atoms with E-state index in [0.717, 1.165) is 17.7 Å². The molecule has 2 rings (SSSR count). The molecular formula is C16H21N3O3. The van der Waals surface area contributed by atoms with Gasteiger partial charge in [-0.3, -0.25) is 4.68 Å². The fourth-order valence-electron chi connectivity index (χ4n) is 2.28. The summed E-state index contributed by atoms with van der Waals surface area (Å²) >= 11 is 0. The standard InChI is InChI=1S/C16H21N3O3/c1-3-11-4-6-12(7-5-11)15(10-20)17-9-13-8-14(16(21)22)18-19(13)2/h4-8,15,17,20H,3,9-10H2,1-2H3,(H,21,22). The molecule has 6 nitrogen and oxygen atoms in total. The molecule has 2 aromatic rings. The second-order valence-corrected chi connectivity index (χ2v) is 5.16. The molecule has 22 heavy (non-hydrogen) atoms. The third kappa shape index (κ3) is 3.72. The summed E-state index contributed by atoms with van der Waals surface area (Å²) in [7, 11) is 1.70. The van der Waals surface area contributed by atoms with Crippen molar-refractivity contribution in [2.75, 3.05) is 6.61 Å². The van der Waals surface area contributed by atoms with E-state index < -0.39 is 5.97 Å². The molecule has 0 saturated heterocycles. The number of aryl methyl sites for hydroxylation is 2. The Bertz CT molecular complexity index is 635. The Labute approximate surface area is 129 Å². The fraction of sp³-hybridized carbons (Fsp3) is 0.375. The number of hydrogen-bond acceptors (Lipinski definition) is 4. The van der Waals surface area contributed by atoms with Gasteiger partial charge >= 0.3 is 5.97 Å². The molecule has 1 unspecified atom stereocenters. The van der Waals surface area contributed by atoms with Crippen LogP contribution in [-0.4, -0.2) is 32.6 Å². The van der Waals surface area contributed by atoms with Crippen molar-refractivity contribution in [3.05, 3.63) is 52.8 Å². The van der Waals surface area contributed by atoms with Crippen molar-refractivity contribution in [2.45, 2.75) is 25.9 Å². The Morgan fingerprint density at radius 3 is 2.55 bits per heavy atom. The molecule has 3 N–H and O–H groups in total. The second-order valence-electron chi connectivity index (χ2n) is 5.16. The maximum atomic E-state index is 10.9. The van der Waals surface area contributed by atoms with Crippen molar-refractivity contribution >= 4 is 5.97 Å². The second kappa shape index (κ2) is 7.20. The van der Waals surface area contributed by atoms with Crippen LogP contribution in [0.2, 0.25) is 0 Å². The maximum Gasteiger partial charge on any atom is 0.356 e. The number of carboxylic acid groups (broad SMARTS) is 1. The van der Waals surface area contributed by atoms with Crippen LogP contribution in [0.1, 0.15) is 40.3 Å². The van der Waals surface area contributed by atoms with Crippen LogP contribution in [0.3, 0.4) is 0 Å². The summed E-state index contributed by atoms with van der Waals surface area (Å²) < 4.78 is 1.53. The van der Waals surface area contributed by atoms with E-state index in [1.165, 1.54) is 16.3 Å². The van der Waals surface area contributed by atoms with Crippen molar-refractivity contribution in [3.63, 3.8) is 0 Å². The highest BCUT2D eigenvalue weighted by Crippen LogP contribution is 2.15. The van der Waals surface area contributed by atoms with Gasteiger partial charge in [-0.05, 0) is 23.6 Å². The SMILES string of the molecule is CCc1ccc(C(CO)NCc2cc(C(=O)O)nn2C)cc1. The third-order valence-electron chi connectivity index (χ3n) is 3.70. The molecule has 0 aliphatic carbocycles. The molecule has 1 aromatic heterocycles. The molecule has 1 heterocycles. The molecule has 0 aliphatic rings. The minimum Gasteiger partial charge on any atom is -0.476 e. The number of aromatic nitrogens is 2. The molecule has 0 radical (unpaired) electrons. The van der Waals surface area contributed by atoms with Crippen LogP contribution < -0.4 is 5.32 Å². The number of nitrogens with one attached hydrogen (secondary N) is 1. The van der Waals surface area contributed by atoms with Crippen molar-refractivity contribution < 1.29 is 15.0 Å². The minimum atomic E-state index is -1.05. The average Bonchev–Trinajstić information content (AvgIpc) is 2.90. The van der Waals surface area contributed by atoms with E-state index in [-0.39, 0.29) is 18.3 Å². The molecule has 118 valence electrons. The molecular weight excluding hydrogens is 282 g/mol. The van der Waals surface area contributed by atoms with E-state index >= 15 is 0 Å². The van der Waals surface area contributed by atoms with Crippen LogP contribution in [0.5, 0.6) is 0 Å². The molecule has 0 fully saturated rings. The number of carbonyl (C=O) groups is 1. The largest absolute Gasteiger partial charge is 0.476 e. The Morgan fingerprint density at radius 2 is 2.05 bits per heavy atom. The molecule has 1 atom stereocenters. The quantitative estimate of drug-likeness (QED) is 0.721. The Morgan fingerprint density at radius 1 is 1.36 bits per heavy atom. The highest BCUT2D eigenvalue weighted by atomic mass is 16.4. The summed E-state index contributed by atoms with van der Waals surface area (Å²) in [6.45, 7) is 2.49. The lowest BCUT2D eigenvalue weighted by Crippen LogP contribution is -2.25. The van der Waals surface area contributed by atoms with Gasteiger partial charge in [0.25, 0.3) is 0 Å². The zero-order chi connectivity index (χ0) is 16.1. The molecule has 0 spiro atoms. The molecule has 0 aliphatic heterocycles. The van der Waals surface area contributed by atoms with E-state index in [0.29, 0.717) is 6.54 Å². The summed E-state index contributed by atoms with van der Waals surface area (Å²) in [5.74, 6) is -1.05. The van der Waals surface area contributed by atoms with E-state index in [9.17, 15) is 9.90 Å². The first kappa shape index (κ1) is 16.2. The Kier molecular flexibility index (Phi) is 5.30. The van der Waals surface area contributed by atoms with Crippen LogP contribution >= 0.6 is 0 Å². The van der Waals surface area contributed by atoms with E-state index in [1.54, 1.807) is 7.05 Å². The van der Waals surface area contributed by atoms with Crippen LogP contribution in [0, 0.1) is 0 Å². The van der Waals surface area contributed by atoms with Gasteiger partial charge in [0.05, 0.1) is 18.3 Å². The van der Waals surface area contributed by atoms with Gasteiger partial charge in [0.2, 0.25) is 0 Å². The predicted molar refractivity (Wildman–Crippen MR) is 82.7 cm³/mol. The highest BCUT2D eigenvalue weighted by Gasteiger charge is 2.14. The lowest BCUT2D eigenvalue weighted by molar-refractivity contribution is 0.0689. The number of benzene rings is 1. The number of aliphatic hydroxyl groups is 1. The van der Waals surface area contributed by atoms with Gasteiger partial charge in [-0.15, -0.1) is 0 Å². The number of nitrogens with zero attached hydrogens (tertiary/aromatic N) is 2. The number of rotatable bonds is 7. The number of hydrogen-bond donors (Lipinski definition) is 3. The summed E-state index contributed by atoms with van der Waals surface area (Å²) in [6, 6.07) is 9.42. The first-order valence-electron chi connectivity index (χ1n) is 7.24. The maximum absolute atomic E-state index is 10.9. The van der Waals surface area contributed by atoms with E-state index in [4.69, 9.17) is 5.11 Å². The summed E-state index contributed by atoms with van der Waals surface area (Å²) in [5.41, 5.74) is 3.02. The van der Waals surface area contributed by atoms with Gasteiger partial charge in [-0.1, -0.05) is 31.2 Å². The topological polar surface area (TPSA) is 87.4 Å². The lowest BCUT2D eigenvalue weighted by Gasteiger charge is -2.17. The molecule has 0 bridgehead atoms. The summed E-state index contributed by atoms with van der Waals surface area (Å²) in [4.78, 5) is 10.9. The predicted octanol–water partition coefficient (Wildman–Crippen LogP) is 1.50. The minimum absolute atomic E-state index is 0.0205. The van der Waals surface area contributed by atoms with Crippen molar-refractivity contribution in [1.29, 1.82) is 0 Å². The van der Waals surface area contributed by atoms with Crippen LogP contribution in [0.4, 0.5) is 0 Å². The van der Waals surface area contributed by atoms with Gasteiger partial charge in [0, 0.05) is 13.6 Å². The molecule has 0 amide bonds. The Balaban J connectivity index is 2.05. The van der Waals surface area contributed by atoms with Crippen LogP contribution in [0.15, 0.2) is 30.3 Å². The number of aromatic carboxylic acids is 1. The first-order valence-corrected chi connectivity index (χ1v) is 7.24. The monoisotopic (exact) mass is 303 g/mol. The third-order valence-corrected chi connectivity index (χ3v) is 3.70. The summed E-state index contributed by atoms with van der Waals surface area (Å²) in [6.07, 6.45) is 0.977. The zero-order valence-corrected chi connectivity index (χ0v) is 12.8. The van der Waals surface area contributed by atoms with Gasteiger partial charge < -0.3 is 15.5 Å².